The van der Waals surface area contributed by atoms with Gasteiger partial charge in [0.25, 0.3) is 10.0 Å². The van der Waals surface area contributed by atoms with E-state index in [0.29, 0.717) is 12.5 Å². The number of nitrogens with one attached hydrogen (secondary N) is 1. The van der Waals surface area contributed by atoms with E-state index in [4.69, 9.17) is 0 Å². The molecule has 1 unspecified atom stereocenters. The standard InChI is InChI=1S/C9H16BrN5O2S/c1-14-4-3-7(6-14)5-11-18(16,17)9-8(10)12-13-15(9)2/h7,11H,3-6H2,1-2H3. The Kier molecular flexibility index (Phi) is 4.05. The molecular weight excluding hydrogens is 322 g/mol. The maximum absolute atomic E-state index is 12.1. The summed E-state index contributed by atoms with van der Waals surface area (Å²) in [6.45, 7) is 2.39. The summed E-state index contributed by atoms with van der Waals surface area (Å²) in [6, 6.07) is 0. The Morgan fingerprint density at radius 3 is 2.72 bits per heavy atom. The average Bonchev–Trinajstić information content (AvgIpc) is 2.83. The predicted octanol–water partition coefficient (Wildman–Crippen LogP) is -0.192. The first-order chi connectivity index (χ1) is 8.40. The molecule has 1 aromatic heterocycles. The number of hydrogen-bond acceptors (Lipinski definition) is 5. The molecule has 18 heavy (non-hydrogen) atoms. The van der Waals surface area contributed by atoms with Crippen LogP contribution in [0.1, 0.15) is 6.42 Å². The number of rotatable bonds is 4. The van der Waals surface area contributed by atoms with Gasteiger partial charge in [0.15, 0.2) is 4.60 Å². The van der Waals surface area contributed by atoms with Crippen LogP contribution in [0, 0.1) is 5.92 Å². The molecule has 1 saturated heterocycles. The van der Waals surface area contributed by atoms with Crippen molar-refractivity contribution < 1.29 is 8.42 Å². The second-order valence-corrected chi connectivity index (χ2v) is 7.01. The van der Waals surface area contributed by atoms with Crippen molar-refractivity contribution in [1.29, 1.82) is 0 Å². The molecule has 2 heterocycles. The van der Waals surface area contributed by atoms with Crippen LogP contribution in [0.3, 0.4) is 0 Å². The fourth-order valence-electron chi connectivity index (χ4n) is 2.10. The highest BCUT2D eigenvalue weighted by molar-refractivity contribution is 9.10. The van der Waals surface area contributed by atoms with Crippen molar-refractivity contribution in [2.24, 2.45) is 13.0 Å². The smallest absolute Gasteiger partial charge is 0.260 e. The van der Waals surface area contributed by atoms with E-state index in [1.54, 1.807) is 7.05 Å². The SMILES string of the molecule is CN1CCC(CNS(=O)(=O)c2c(Br)nnn2C)C1. The fourth-order valence-corrected chi connectivity index (χ4v) is 4.30. The van der Waals surface area contributed by atoms with Crippen LogP contribution in [-0.2, 0) is 17.1 Å². The Morgan fingerprint density at radius 2 is 2.22 bits per heavy atom. The van der Waals surface area contributed by atoms with Crippen LogP contribution >= 0.6 is 15.9 Å². The molecule has 0 spiro atoms. The van der Waals surface area contributed by atoms with E-state index in [1.807, 2.05) is 7.05 Å². The van der Waals surface area contributed by atoms with E-state index in [2.05, 4.69) is 35.9 Å². The minimum Gasteiger partial charge on any atom is -0.306 e. The average molecular weight is 338 g/mol. The predicted molar refractivity (Wildman–Crippen MR) is 69.5 cm³/mol. The van der Waals surface area contributed by atoms with Crippen molar-refractivity contribution >= 4 is 26.0 Å². The van der Waals surface area contributed by atoms with Crippen molar-refractivity contribution in [3.8, 4) is 0 Å². The number of aromatic nitrogens is 3. The van der Waals surface area contributed by atoms with E-state index in [0.717, 1.165) is 19.5 Å². The normalized spacial score (nSPS) is 21.6. The van der Waals surface area contributed by atoms with Gasteiger partial charge in [-0.3, -0.25) is 0 Å². The summed E-state index contributed by atoms with van der Waals surface area (Å²) in [5.74, 6) is 0.365. The molecule has 0 radical (unpaired) electrons. The largest absolute Gasteiger partial charge is 0.306 e. The zero-order chi connectivity index (χ0) is 13.3. The third kappa shape index (κ3) is 2.90. The molecule has 1 N–H and O–H groups in total. The van der Waals surface area contributed by atoms with Crippen molar-refractivity contribution in [3.63, 3.8) is 0 Å². The van der Waals surface area contributed by atoms with Gasteiger partial charge in [-0.1, -0.05) is 5.21 Å². The van der Waals surface area contributed by atoms with Crippen molar-refractivity contribution in [1.82, 2.24) is 24.6 Å². The summed E-state index contributed by atoms with van der Waals surface area (Å²) in [4.78, 5) is 2.19. The fraction of sp³-hybridized carbons (Fsp3) is 0.778. The number of aryl methyl sites for hydroxylation is 1. The van der Waals surface area contributed by atoms with Gasteiger partial charge in [0.2, 0.25) is 5.03 Å². The topological polar surface area (TPSA) is 80.1 Å². The highest BCUT2D eigenvalue weighted by Crippen LogP contribution is 2.19. The van der Waals surface area contributed by atoms with Gasteiger partial charge in [-0.2, -0.15) is 0 Å². The zero-order valence-corrected chi connectivity index (χ0v) is 12.7. The lowest BCUT2D eigenvalue weighted by Gasteiger charge is -2.12. The van der Waals surface area contributed by atoms with E-state index in [-0.39, 0.29) is 9.63 Å². The highest BCUT2D eigenvalue weighted by atomic mass is 79.9. The number of halogens is 1. The van der Waals surface area contributed by atoms with Gasteiger partial charge in [0, 0.05) is 20.1 Å². The number of sulfonamides is 1. The lowest BCUT2D eigenvalue weighted by molar-refractivity contribution is 0.394. The molecule has 1 aromatic rings. The Labute approximate surface area is 115 Å². The monoisotopic (exact) mass is 337 g/mol. The van der Waals surface area contributed by atoms with Gasteiger partial charge in [-0.05, 0) is 41.9 Å². The van der Waals surface area contributed by atoms with Gasteiger partial charge in [-0.25, -0.2) is 17.8 Å². The van der Waals surface area contributed by atoms with E-state index >= 15 is 0 Å². The van der Waals surface area contributed by atoms with Crippen LogP contribution in [0.25, 0.3) is 0 Å². The Morgan fingerprint density at radius 1 is 1.50 bits per heavy atom. The summed E-state index contributed by atoms with van der Waals surface area (Å²) in [7, 11) is 0.0284. The van der Waals surface area contributed by atoms with Crippen LogP contribution < -0.4 is 4.72 Å². The molecule has 0 amide bonds. The molecule has 0 aromatic carbocycles. The molecule has 1 aliphatic rings. The van der Waals surface area contributed by atoms with Gasteiger partial charge in [0.1, 0.15) is 0 Å². The van der Waals surface area contributed by atoms with Crippen molar-refractivity contribution in [2.45, 2.75) is 11.4 Å². The third-order valence-electron chi connectivity index (χ3n) is 3.04. The minimum atomic E-state index is -3.56. The van der Waals surface area contributed by atoms with Gasteiger partial charge >= 0.3 is 0 Å². The maximum atomic E-state index is 12.1. The molecule has 0 bridgehead atoms. The summed E-state index contributed by atoms with van der Waals surface area (Å²) in [5.41, 5.74) is 0. The first kappa shape index (κ1) is 13.9. The highest BCUT2D eigenvalue weighted by Gasteiger charge is 2.26. The summed E-state index contributed by atoms with van der Waals surface area (Å²) >= 11 is 3.09. The Bertz CT molecular complexity index is 510. The lowest BCUT2D eigenvalue weighted by Crippen LogP contribution is -2.31. The number of hydrogen-bond donors (Lipinski definition) is 1. The third-order valence-corrected chi connectivity index (χ3v) is 5.35. The van der Waals surface area contributed by atoms with Crippen molar-refractivity contribution in [2.75, 3.05) is 26.7 Å². The molecule has 2 rings (SSSR count). The molecule has 102 valence electrons. The molecule has 0 saturated carbocycles. The molecule has 1 fully saturated rings. The summed E-state index contributed by atoms with van der Waals surface area (Å²) < 4.78 is 28.3. The van der Waals surface area contributed by atoms with E-state index in [1.165, 1.54) is 4.68 Å². The van der Waals surface area contributed by atoms with Crippen LogP contribution in [0.5, 0.6) is 0 Å². The number of likely N-dealkylation sites (tertiary alicyclic amines) is 1. The van der Waals surface area contributed by atoms with Gasteiger partial charge in [0.05, 0.1) is 0 Å². The van der Waals surface area contributed by atoms with Crippen LogP contribution in [0.15, 0.2) is 9.63 Å². The van der Waals surface area contributed by atoms with E-state index in [9.17, 15) is 8.42 Å². The summed E-state index contributed by atoms with van der Waals surface area (Å²) in [6.07, 6.45) is 1.02. The van der Waals surface area contributed by atoms with Gasteiger partial charge in [-0.15, -0.1) is 5.10 Å². The Hall–Kier alpha value is -0.510. The second-order valence-electron chi connectivity index (χ2n) is 4.58. The molecular formula is C9H16BrN5O2S. The number of nitrogens with zero attached hydrogens (tertiary/aromatic N) is 4. The zero-order valence-electron chi connectivity index (χ0n) is 10.3. The molecule has 9 heteroatoms. The van der Waals surface area contributed by atoms with Crippen LogP contribution in [-0.4, -0.2) is 55.0 Å². The summed E-state index contributed by atoms with van der Waals surface area (Å²) in [5, 5.41) is 7.41. The minimum absolute atomic E-state index is 0.0638. The first-order valence-electron chi connectivity index (χ1n) is 5.63. The van der Waals surface area contributed by atoms with Gasteiger partial charge < -0.3 is 4.90 Å². The van der Waals surface area contributed by atoms with Crippen molar-refractivity contribution in [3.05, 3.63) is 4.60 Å². The maximum Gasteiger partial charge on any atom is 0.260 e. The molecule has 0 aliphatic carbocycles. The molecule has 1 aliphatic heterocycles. The molecule has 1 atom stereocenters. The van der Waals surface area contributed by atoms with Crippen LogP contribution in [0.2, 0.25) is 0 Å². The Balaban J connectivity index is 2.04. The van der Waals surface area contributed by atoms with Crippen LogP contribution in [0.4, 0.5) is 0 Å². The van der Waals surface area contributed by atoms with E-state index < -0.39 is 10.0 Å². The second kappa shape index (κ2) is 5.24. The first-order valence-corrected chi connectivity index (χ1v) is 7.91. The lowest BCUT2D eigenvalue weighted by atomic mass is 10.1. The quantitative estimate of drug-likeness (QED) is 0.823. The molecule has 7 nitrogen and oxygen atoms in total.